The average molecular weight is 467 g/mol. The molecule has 33 heavy (non-hydrogen) atoms. The van der Waals surface area contributed by atoms with E-state index in [1.54, 1.807) is 0 Å². The summed E-state index contributed by atoms with van der Waals surface area (Å²) in [5.41, 5.74) is 0.959. The third-order valence-electron chi connectivity index (χ3n) is 7.65. The molecule has 0 heterocycles. The first-order chi connectivity index (χ1) is 15.3. The standard InChI is InChI=1S/C29H62N4/c1-11-26(4,5)30-22-16-14-20-28(8,9)32-24-18-19-25-33-29(10,13-3)21-15-17-23-31-27(6,7)12-2/h18-19,30-33H,11-17,20-25H2,1-10H3/b19-18-. The van der Waals surface area contributed by atoms with Crippen molar-refractivity contribution < 1.29 is 0 Å². The SMILES string of the molecule is CCC(C)(C)NCCCCC(C)(C)NC/C=C\CNC(C)(CC)CCCCNC(C)(C)CC. The first-order valence-corrected chi connectivity index (χ1v) is 14.0. The average Bonchev–Trinajstić information content (AvgIpc) is 2.75. The molecule has 4 N–H and O–H groups in total. The van der Waals surface area contributed by atoms with E-state index in [-0.39, 0.29) is 22.2 Å². The van der Waals surface area contributed by atoms with Crippen LogP contribution in [0.25, 0.3) is 0 Å². The summed E-state index contributed by atoms with van der Waals surface area (Å²) < 4.78 is 0. The summed E-state index contributed by atoms with van der Waals surface area (Å²) in [5, 5.41) is 14.8. The fourth-order valence-electron chi connectivity index (χ4n) is 3.72. The highest BCUT2D eigenvalue weighted by atomic mass is 15.0. The van der Waals surface area contributed by atoms with Crippen molar-refractivity contribution in [2.24, 2.45) is 0 Å². The molecule has 0 aromatic carbocycles. The Morgan fingerprint density at radius 3 is 1.39 bits per heavy atom. The van der Waals surface area contributed by atoms with Crippen LogP contribution in [0.2, 0.25) is 0 Å². The van der Waals surface area contributed by atoms with Gasteiger partial charge in [0, 0.05) is 35.2 Å². The number of hydrogen-bond acceptors (Lipinski definition) is 4. The minimum Gasteiger partial charge on any atom is -0.312 e. The molecule has 0 bridgehead atoms. The van der Waals surface area contributed by atoms with Gasteiger partial charge in [-0.1, -0.05) is 45.8 Å². The minimum absolute atomic E-state index is 0.191. The smallest absolute Gasteiger partial charge is 0.0153 e. The zero-order valence-electron chi connectivity index (χ0n) is 24.3. The second-order valence-corrected chi connectivity index (χ2v) is 12.3. The quantitative estimate of drug-likeness (QED) is 0.114. The molecule has 198 valence electrons. The Labute approximate surface area is 208 Å². The summed E-state index contributed by atoms with van der Waals surface area (Å²) in [4.78, 5) is 0. The van der Waals surface area contributed by atoms with E-state index in [1.165, 1.54) is 57.8 Å². The maximum absolute atomic E-state index is 3.79. The van der Waals surface area contributed by atoms with Crippen LogP contribution in [0, 0.1) is 0 Å². The molecule has 0 aromatic heterocycles. The van der Waals surface area contributed by atoms with E-state index in [0.29, 0.717) is 0 Å². The largest absolute Gasteiger partial charge is 0.312 e. The van der Waals surface area contributed by atoms with Crippen LogP contribution < -0.4 is 21.3 Å². The van der Waals surface area contributed by atoms with Crippen LogP contribution in [-0.2, 0) is 0 Å². The van der Waals surface area contributed by atoms with Crippen molar-refractivity contribution in [2.45, 2.75) is 149 Å². The van der Waals surface area contributed by atoms with E-state index in [0.717, 1.165) is 26.2 Å². The molecule has 0 rings (SSSR count). The van der Waals surface area contributed by atoms with Gasteiger partial charge in [0.15, 0.2) is 0 Å². The van der Waals surface area contributed by atoms with Gasteiger partial charge in [-0.15, -0.1) is 0 Å². The fourth-order valence-corrected chi connectivity index (χ4v) is 3.72. The molecule has 0 spiro atoms. The van der Waals surface area contributed by atoms with Crippen molar-refractivity contribution in [3.8, 4) is 0 Å². The van der Waals surface area contributed by atoms with Gasteiger partial charge >= 0.3 is 0 Å². The highest BCUT2D eigenvalue weighted by Gasteiger charge is 2.20. The van der Waals surface area contributed by atoms with Gasteiger partial charge in [-0.25, -0.2) is 0 Å². The molecule has 0 radical (unpaired) electrons. The van der Waals surface area contributed by atoms with Gasteiger partial charge < -0.3 is 21.3 Å². The summed E-state index contributed by atoms with van der Waals surface area (Å²) in [5.74, 6) is 0. The molecule has 0 aliphatic heterocycles. The molecule has 0 saturated carbocycles. The Balaban J connectivity index is 4.02. The van der Waals surface area contributed by atoms with Crippen LogP contribution >= 0.6 is 0 Å². The second-order valence-electron chi connectivity index (χ2n) is 12.3. The Morgan fingerprint density at radius 1 is 0.485 bits per heavy atom. The van der Waals surface area contributed by atoms with E-state index < -0.39 is 0 Å². The van der Waals surface area contributed by atoms with Crippen LogP contribution in [-0.4, -0.2) is 48.3 Å². The van der Waals surface area contributed by atoms with Crippen LogP contribution in [0.15, 0.2) is 12.2 Å². The van der Waals surface area contributed by atoms with Crippen molar-refractivity contribution in [3.05, 3.63) is 12.2 Å². The second kappa shape index (κ2) is 16.3. The lowest BCUT2D eigenvalue weighted by atomic mass is 9.91. The predicted octanol–water partition coefficient (Wildman–Crippen LogP) is 6.57. The Morgan fingerprint density at radius 2 is 0.939 bits per heavy atom. The van der Waals surface area contributed by atoms with Crippen molar-refractivity contribution >= 4 is 0 Å². The molecule has 0 fully saturated rings. The summed E-state index contributed by atoms with van der Waals surface area (Å²) in [7, 11) is 0. The van der Waals surface area contributed by atoms with E-state index >= 15 is 0 Å². The maximum Gasteiger partial charge on any atom is 0.0153 e. The molecule has 0 amide bonds. The lowest BCUT2D eigenvalue weighted by Gasteiger charge is -2.30. The maximum atomic E-state index is 3.79. The molecule has 1 unspecified atom stereocenters. The third kappa shape index (κ3) is 17.6. The van der Waals surface area contributed by atoms with Gasteiger partial charge in [0.05, 0.1) is 0 Å². The Kier molecular flexibility index (Phi) is 16.1. The first kappa shape index (κ1) is 32.6. The summed E-state index contributed by atoms with van der Waals surface area (Å²) in [6.45, 7) is 27.1. The lowest BCUT2D eigenvalue weighted by molar-refractivity contribution is 0.312. The van der Waals surface area contributed by atoms with E-state index in [1.807, 2.05) is 0 Å². The summed E-state index contributed by atoms with van der Waals surface area (Å²) in [6, 6.07) is 0. The minimum atomic E-state index is 0.191. The molecule has 0 saturated heterocycles. The normalized spacial score (nSPS) is 15.3. The fraction of sp³-hybridized carbons (Fsp3) is 0.931. The van der Waals surface area contributed by atoms with Crippen molar-refractivity contribution in [3.63, 3.8) is 0 Å². The summed E-state index contributed by atoms with van der Waals surface area (Å²) in [6.07, 6.45) is 15.6. The predicted molar refractivity (Wildman–Crippen MR) is 150 cm³/mol. The number of hydrogen-bond donors (Lipinski definition) is 4. The van der Waals surface area contributed by atoms with Crippen LogP contribution in [0.1, 0.15) is 127 Å². The zero-order valence-corrected chi connectivity index (χ0v) is 24.3. The van der Waals surface area contributed by atoms with Gasteiger partial charge in [-0.05, 0) is 107 Å². The first-order valence-electron chi connectivity index (χ1n) is 14.0. The van der Waals surface area contributed by atoms with Gasteiger partial charge in [0.2, 0.25) is 0 Å². The van der Waals surface area contributed by atoms with E-state index in [4.69, 9.17) is 0 Å². The number of nitrogens with one attached hydrogen (secondary N) is 4. The van der Waals surface area contributed by atoms with Gasteiger partial charge in [-0.3, -0.25) is 0 Å². The molecule has 4 heteroatoms. The van der Waals surface area contributed by atoms with Gasteiger partial charge in [0.25, 0.3) is 0 Å². The van der Waals surface area contributed by atoms with Crippen LogP contribution in [0.5, 0.6) is 0 Å². The molecule has 0 aromatic rings. The topological polar surface area (TPSA) is 48.1 Å². The lowest BCUT2D eigenvalue weighted by Crippen LogP contribution is -2.42. The molecule has 1 atom stereocenters. The van der Waals surface area contributed by atoms with Crippen molar-refractivity contribution in [2.75, 3.05) is 26.2 Å². The number of rotatable bonds is 21. The highest BCUT2D eigenvalue weighted by Crippen LogP contribution is 2.18. The number of unbranched alkanes of at least 4 members (excludes halogenated alkanes) is 2. The summed E-state index contributed by atoms with van der Waals surface area (Å²) >= 11 is 0. The third-order valence-corrected chi connectivity index (χ3v) is 7.65. The zero-order chi connectivity index (χ0) is 25.4. The van der Waals surface area contributed by atoms with Crippen LogP contribution in [0.3, 0.4) is 0 Å². The molecule has 0 aliphatic rings. The molecule has 0 aliphatic carbocycles. The monoisotopic (exact) mass is 466 g/mol. The van der Waals surface area contributed by atoms with Gasteiger partial charge in [0.1, 0.15) is 0 Å². The Hall–Kier alpha value is -0.420. The Bertz CT molecular complexity index is 510. The van der Waals surface area contributed by atoms with Gasteiger partial charge in [-0.2, -0.15) is 0 Å². The molecular weight excluding hydrogens is 404 g/mol. The van der Waals surface area contributed by atoms with Crippen molar-refractivity contribution in [1.82, 2.24) is 21.3 Å². The van der Waals surface area contributed by atoms with Crippen molar-refractivity contribution in [1.29, 1.82) is 0 Å². The highest BCUT2D eigenvalue weighted by molar-refractivity contribution is 4.92. The molecular formula is C29H62N4. The van der Waals surface area contributed by atoms with E-state index in [2.05, 4.69) is 103 Å². The van der Waals surface area contributed by atoms with E-state index in [9.17, 15) is 0 Å². The molecule has 4 nitrogen and oxygen atoms in total. The van der Waals surface area contributed by atoms with Crippen LogP contribution in [0.4, 0.5) is 0 Å².